The van der Waals surface area contributed by atoms with E-state index in [1.807, 2.05) is 13.8 Å². The van der Waals surface area contributed by atoms with Gasteiger partial charge in [-0.15, -0.1) is 0 Å². The molecule has 0 amide bonds. The minimum absolute atomic E-state index is 0.839. The summed E-state index contributed by atoms with van der Waals surface area (Å²) in [5, 5.41) is 0. The molecule has 1 fully saturated rings. The van der Waals surface area contributed by atoms with Gasteiger partial charge in [0.15, 0.2) is 0 Å². The van der Waals surface area contributed by atoms with Crippen LogP contribution in [0.3, 0.4) is 0 Å². The Balaban J connectivity index is 0.000000671. The molecule has 1 heterocycles. The first kappa shape index (κ1) is 12.9. The average Bonchev–Trinajstić information content (AvgIpc) is 2.12. The fourth-order valence-corrected chi connectivity index (χ4v) is 1.65. The maximum absolute atomic E-state index is 5.04. The highest BCUT2D eigenvalue weighted by molar-refractivity contribution is 4.80. The molecule has 0 aromatic heterocycles. The molecule has 0 aromatic rings. The van der Waals surface area contributed by atoms with Crippen LogP contribution in [-0.2, 0) is 4.74 Å². The van der Waals surface area contributed by atoms with Gasteiger partial charge in [0.05, 0.1) is 0 Å². The summed E-state index contributed by atoms with van der Waals surface area (Å²) in [6.07, 6.45) is 1.22. The first-order chi connectivity index (χ1) is 6.24. The van der Waals surface area contributed by atoms with Crippen molar-refractivity contribution >= 4 is 0 Å². The molecule has 1 aliphatic rings. The lowest BCUT2D eigenvalue weighted by atomic mass is 9.86. The third-order valence-electron chi connectivity index (χ3n) is 2.67. The molecule has 13 heavy (non-hydrogen) atoms. The van der Waals surface area contributed by atoms with Crippen molar-refractivity contribution < 1.29 is 4.74 Å². The van der Waals surface area contributed by atoms with Crippen molar-refractivity contribution in [1.82, 2.24) is 4.90 Å². The summed E-state index contributed by atoms with van der Waals surface area (Å²) in [6.45, 7) is 9.81. The molecule has 0 spiro atoms. The molecule has 1 rings (SSSR count). The lowest BCUT2D eigenvalue weighted by Gasteiger charge is -2.40. The fraction of sp³-hybridized carbons (Fsp3) is 1.00. The molecule has 0 bridgehead atoms. The second-order valence-corrected chi connectivity index (χ2v) is 3.74. The summed E-state index contributed by atoms with van der Waals surface area (Å²) in [5.41, 5.74) is 0. The third kappa shape index (κ3) is 4.63. The van der Waals surface area contributed by atoms with E-state index < -0.39 is 0 Å². The van der Waals surface area contributed by atoms with Crippen molar-refractivity contribution in [2.75, 3.05) is 33.9 Å². The molecule has 80 valence electrons. The van der Waals surface area contributed by atoms with Crippen LogP contribution >= 0.6 is 0 Å². The van der Waals surface area contributed by atoms with Gasteiger partial charge in [0.1, 0.15) is 0 Å². The van der Waals surface area contributed by atoms with Gasteiger partial charge in [-0.05, 0) is 25.3 Å². The van der Waals surface area contributed by atoms with Gasteiger partial charge in [0.25, 0.3) is 0 Å². The van der Waals surface area contributed by atoms with Crippen molar-refractivity contribution in [2.45, 2.75) is 27.2 Å². The Bertz CT molecular complexity index is 111. The van der Waals surface area contributed by atoms with Crippen LogP contribution in [0.1, 0.15) is 27.2 Å². The Kier molecular flexibility index (Phi) is 7.29. The first-order valence-corrected chi connectivity index (χ1v) is 5.41. The topological polar surface area (TPSA) is 12.5 Å². The van der Waals surface area contributed by atoms with Gasteiger partial charge in [-0.2, -0.15) is 0 Å². The molecule has 0 aliphatic carbocycles. The van der Waals surface area contributed by atoms with Crippen LogP contribution in [0.4, 0.5) is 0 Å². The fourth-order valence-electron chi connectivity index (χ4n) is 1.65. The maximum Gasteiger partial charge on any atom is 0.0464 e. The highest BCUT2D eigenvalue weighted by Crippen LogP contribution is 2.24. The number of ether oxygens (including phenoxy) is 1. The predicted molar refractivity (Wildman–Crippen MR) is 58.0 cm³/mol. The van der Waals surface area contributed by atoms with Gasteiger partial charge in [-0.25, -0.2) is 0 Å². The van der Waals surface area contributed by atoms with Crippen molar-refractivity contribution in [3.05, 3.63) is 0 Å². The van der Waals surface area contributed by atoms with Crippen LogP contribution in [-0.4, -0.2) is 38.8 Å². The lowest BCUT2D eigenvalue weighted by Crippen LogP contribution is -2.46. The standard InChI is InChI=1S/C9H19NO.C2H6/c1-8(4-5-11-3)9-6-10(2)7-9;1-2/h8-9H,4-7H2,1-3H3;1-2H3. The number of hydrogen-bond donors (Lipinski definition) is 0. The number of methoxy groups -OCH3 is 1. The van der Waals surface area contributed by atoms with Crippen LogP contribution in [0.2, 0.25) is 0 Å². The predicted octanol–water partition coefficient (Wildman–Crippen LogP) is 2.25. The van der Waals surface area contributed by atoms with Crippen molar-refractivity contribution in [2.24, 2.45) is 11.8 Å². The van der Waals surface area contributed by atoms with Crippen molar-refractivity contribution in [3.63, 3.8) is 0 Å². The largest absolute Gasteiger partial charge is 0.385 e. The highest BCUT2D eigenvalue weighted by Gasteiger charge is 2.27. The number of rotatable bonds is 4. The van der Waals surface area contributed by atoms with E-state index in [9.17, 15) is 0 Å². The Hall–Kier alpha value is -0.0800. The zero-order valence-electron chi connectivity index (χ0n) is 9.84. The van der Waals surface area contributed by atoms with Gasteiger partial charge < -0.3 is 9.64 Å². The molecule has 2 heteroatoms. The van der Waals surface area contributed by atoms with E-state index in [1.165, 1.54) is 19.5 Å². The van der Waals surface area contributed by atoms with Crippen molar-refractivity contribution in [3.8, 4) is 0 Å². The minimum Gasteiger partial charge on any atom is -0.385 e. The second-order valence-electron chi connectivity index (χ2n) is 3.74. The smallest absolute Gasteiger partial charge is 0.0464 e. The van der Waals surface area contributed by atoms with E-state index in [-0.39, 0.29) is 0 Å². The van der Waals surface area contributed by atoms with Crippen LogP contribution < -0.4 is 0 Å². The Morgan fingerprint density at radius 2 is 1.92 bits per heavy atom. The third-order valence-corrected chi connectivity index (χ3v) is 2.67. The zero-order chi connectivity index (χ0) is 10.3. The molecule has 1 atom stereocenters. The molecule has 0 aromatic carbocycles. The van der Waals surface area contributed by atoms with E-state index in [2.05, 4.69) is 18.9 Å². The van der Waals surface area contributed by atoms with Gasteiger partial charge in [-0.3, -0.25) is 0 Å². The second kappa shape index (κ2) is 7.34. The highest BCUT2D eigenvalue weighted by atomic mass is 16.5. The molecule has 1 aliphatic heterocycles. The van der Waals surface area contributed by atoms with E-state index >= 15 is 0 Å². The number of nitrogens with zero attached hydrogens (tertiary/aromatic N) is 1. The molecular weight excluding hydrogens is 162 g/mol. The van der Waals surface area contributed by atoms with E-state index in [0.29, 0.717) is 0 Å². The van der Waals surface area contributed by atoms with Crippen LogP contribution in [0, 0.1) is 11.8 Å². The molecular formula is C11H25NO. The van der Waals surface area contributed by atoms with Gasteiger partial charge in [0, 0.05) is 26.8 Å². The quantitative estimate of drug-likeness (QED) is 0.669. The maximum atomic E-state index is 5.04. The Labute approximate surface area is 83.3 Å². The summed E-state index contributed by atoms with van der Waals surface area (Å²) >= 11 is 0. The molecule has 1 saturated heterocycles. The minimum atomic E-state index is 0.839. The summed E-state index contributed by atoms with van der Waals surface area (Å²) in [6, 6.07) is 0. The van der Waals surface area contributed by atoms with Gasteiger partial charge >= 0.3 is 0 Å². The zero-order valence-corrected chi connectivity index (χ0v) is 9.84. The molecule has 0 N–H and O–H groups in total. The SMILES string of the molecule is CC.COCCC(C)C1CN(C)C1. The summed E-state index contributed by atoms with van der Waals surface area (Å²) in [4.78, 5) is 2.37. The van der Waals surface area contributed by atoms with Crippen LogP contribution in [0.5, 0.6) is 0 Å². The molecule has 0 saturated carbocycles. The Morgan fingerprint density at radius 1 is 1.38 bits per heavy atom. The van der Waals surface area contributed by atoms with Crippen LogP contribution in [0.25, 0.3) is 0 Å². The molecule has 0 radical (unpaired) electrons. The summed E-state index contributed by atoms with van der Waals surface area (Å²) in [5.74, 6) is 1.77. The van der Waals surface area contributed by atoms with Crippen LogP contribution in [0.15, 0.2) is 0 Å². The monoisotopic (exact) mass is 187 g/mol. The first-order valence-electron chi connectivity index (χ1n) is 5.41. The average molecular weight is 187 g/mol. The lowest BCUT2D eigenvalue weighted by molar-refractivity contribution is 0.0707. The molecule has 1 unspecified atom stereocenters. The molecule has 2 nitrogen and oxygen atoms in total. The number of likely N-dealkylation sites (tertiary alicyclic amines) is 1. The number of hydrogen-bond acceptors (Lipinski definition) is 2. The normalized spacial score (nSPS) is 20.1. The summed E-state index contributed by atoms with van der Waals surface area (Å²) < 4.78 is 5.04. The van der Waals surface area contributed by atoms with Gasteiger partial charge in [0.2, 0.25) is 0 Å². The van der Waals surface area contributed by atoms with Gasteiger partial charge in [-0.1, -0.05) is 20.8 Å². The Morgan fingerprint density at radius 3 is 2.31 bits per heavy atom. The van der Waals surface area contributed by atoms with E-state index in [1.54, 1.807) is 7.11 Å². The van der Waals surface area contributed by atoms with E-state index in [0.717, 1.165) is 18.4 Å². The van der Waals surface area contributed by atoms with Crippen molar-refractivity contribution in [1.29, 1.82) is 0 Å². The van der Waals surface area contributed by atoms with E-state index in [4.69, 9.17) is 4.74 Å². The summed E-state index contributed by atoms with van der Waals surface area (Å²) in [7, 11) is 3.96.